The van der Waals surface area contributed by atoms with Crippen molar-refractivity contribution in [1.82, 2.24) is 14.6 Å². The summed E-state index contributed by atoms with van der Waals surface area (Å²) in [6.45, 7) is 0. The fourth-order valence-corrected chi connectivity index (χ4v) is 4.10. The Bertz CT molecular complexity index is 1350. The highest BCUT2D eigenvalue weighted by Crippen LogP contribution is 2.20. The second-order valence-electron chi connectivity index (χ2n) is 6.41. The molecule has 0 radical (unpaired) electrons. The summed E-state index contributed by atoms with van der Waals surface area (Å²) >= 11 is 1.36. The lowest BCUT2D eigenvalue weighted by Crippen LogP contribution is -2.23. The quantitative estimate of drug-likeness (QED) is 0.474. The van der Waals surface area contributed by atoms with Gasteiger partial charge in [0.15, 0.2) is 5.82 Å². The third-order valence-electron chi connectivity index (χ3n) is 4.60. The van der Waals surface area contributed by atoms with Gasteiger partial charge in [0.25, 0.3) is 5.56 Å². The van der Waals surface area contributed by atoms with Gasteiger partial charge in [-0.15, -0.1) is 10.2 Å². The molecule has 3 aromatic carbocycles. The van der Waals surface area contributed by atoms with Crippen molar-refractivity contribution in [3.63, 3.8) is 0 Å². The third-order valence-corrected chi connectivity index (χ3v) is 5.56. The highest BCUT2D eigenvalue weighted by molar-refractivity contribution is 7.15. The van der Waals surface area contributed by atoms with Crippen LogP contribution in [0.5, 0.6) is 0 Å². The first kappa shape index (κ1) is 16.6. The van der Waals surface area contributed by atoms with Gasteiger partial charge in [-0.05, 0) is 22.8 Å². The molecule has 2 aromatic heterocycles. The molecular formula is C23H15N3OS. The summed E-state index contributed by atoms with van der Waals surface area (Å²) in [5, 5.41) is 8.37. The van der Waals surface area contributed by atoms with Crippen molar-refractivity contribution >= 4 is 22.4 Å². The number of nitrogens with zero attached hydrogens (tertiary/aromatic N) is 3. The van der Waals surface area contributed by atoms with Gasteiger partial charge in [0.05, 0.1) is 4.53 Å². The van der Waals surface area contributed by atoms with Crippen LogP contribution in [0.2, 0.25) is 0 Å². The number of rotatable bonds is 3. The molecule has 28 heavy (non-hydrogen) atoms. The van der Waals surface area contributed by atoms with Gasteiger partial charge >= 0.3 is 0 Å². The lowest BCUT2D eigenvalue weighted by molar-refractivity contribution is 1.09. The standard InChI is InChI=1S/C23H15N3OS/c27-22-20(15-16-11-13-18(14-12-16)17-7-3-1-4-8-17)28-23-25-24-21(26(22)23)19-9-5-2-6-10-19/h1-15H/b20-15+. The van der Waals surface area contributed by atoms with Crippen LogP contribution in [0.1, 0.15) is 5.56 Å². The number of thiazole rings is 1. The van der Waals surface area contributed by atoms with Crippen LogP contribution in [0, 0.1) is 0 Å². The Morgan fingerprint density at radius 3 is 2.00 bits per heavy atom. The van der Waals surface area contributed by atoms with Crippen molar-refractivity contribution in [3.05, 3.63) is 105 Å². The minimum Gasteiger partial charge on any atom is -0.267 e. The Balaban J connectivity index is 1.56. The van der Waals surface area contributed by atoms with Gasteiger partial charge in [-0.1, -0.05) is 96.3 Å². The molecule has 0 saturated carbocycles. The molecule has 0 saturated heterocycles. The average molecular weight is 381 g/mol. The zero-order valence-corrected chi connectivity index (χ0v) is 15.6. The van der Waals surface area contributed by atoms with Crippen LogP contribution in [-0.4, -0.2) is 14.6 Å². The molecule has 0 aliphatic carbocycles. The van der Waals surface area contributed by atoms with Crippen molar-refractivity contribution in [2.45, 2.75) is 0 Å². The Morgan fingerprint density at radius 2 is 1.32 bits per heavy atom. The molecule has 0 fully saturated rings. The summed E-state index contributed by atoms with van der Waals surface area (Å²) in [6, 6.07) is 28.1. The summed E-state index contributed by atoms with van der Waals surface area (Å²) in [5.74, 6) is 0.580. The SMILES string of the molecule is O=c1/c(=C\c2ccc(-c3ccccc3)cc2)sc2nnc(-c3ccccc3)n12. The van der Waals surface area contributed by atoms with E-state index < -0.39 is 0 Å². The number of benzene rings is 3. The minimum atomic E-state index is -0.0870. The maximum atomic E-state index is 12.9. The van der Waals surface area contributed by atoms with Crippen LogP contribution in [0.4, 0.5) is 0 Å². The van der Waals surface area contributed by atoms with Gasteiger partial charge < -0.3 is 0 Å². The van der Waals surface area contributed by atoms with Crippen molar-refractivity contribution < 1.29 is 0 Å². The molecule has 134 valence electrons. The van der Waals surface area contributed by atoms with Crippen LogP contribution in [-0.2, 0) is 0 Å². The van der Waals surface area contributed by atoms with E-state index in [2.05, 4.69) is 34.5 Å². The monoisotopic (exact) mass is 381 g/mol. The van der Waals surface area contributed by atoms with E-state index in [9.17, 15) is 4.79 Å². The van der Waals surface area contributed by atoms with Crippen molar-refractivity contribution in [2.24, 2.45) is 0 Å². The third kappa shape index (κ3) is 2.92. The lowest BCUT2D eigenvalue weighted by Gasteiger charge is -2.01. The molecule has 0 N–H and O–H groups in total. The van der Waals surface area contributed by atoms with Gasteiger partial charge in [0.2, 0.25) is 4.96 Å². The van der Waals surface area contributed by atoms with Crippen LogP contribution in [0.3, 0.4) is 0 Å². The summed E-state index contributed by atoms with van der Waals surface area (Å²) in [7, 11) is 0. The van der Waals surface area contributed by atoms with E-state index in [4.69, 9.17) is 0 Å². The molecule has 0 amide bonds. The van der Waals surface area contributed by atoms with E-state index >= 15 is 0 Å². The second kappa shape index (κ2) is 6.87. The van der Waals surface area contributed by atoms with Crippen molar-refractivity contribution in [2.75, 3.05) is 0 Å². The summed E-state index contributed by atoms with van der Waals surface area (Å²) in [6.07, 6.45) is 1.91. The Labute approximate surface area is 165 Å². The van der Waals surface area contributed by atoms with Crippen molar-refractivity contribution in [1.29, 1.82) is 0 Å². The normalized spacial score (nSPS) is 11.9. The number of hydrogen-bond donors (Lipinski definition) is 0. The van der Waals surface area contributed by atoms with Crippen molar-refractivity contribution in [3.8, 4) is 22.5 Å². The van der Waals surface area contributed by atoms with E-state index in [1.165, 1.54) is 16.9 Å². The minimum absolute atomic E-state index is 0.0870. The summed E-state index contributed by atoms with van der Waals surface area (Å²) < 4.78 is 2.24. The van der Waals surface area contributed by atoms with E-state index in [0.29, 0.717) is 15.3 Å². The highest BCUT2D eigenvalue weighted by atomic mass is 32.1. The fourth-order valence-electron chi connectivity index (χ4n) is 3.19. The van der Waals surface area contributed by atoms with Gasteiger partial charge in [0.1, 0.15) is 0 Å². The lowest BCUT2D eigenvalue weighted by atomic mass is 10.0. The van der Waals surface area contributed by atoms with Crippen LogP contribution < -0.4 is 10.1 Å². The first-order chi connectivity index (χ1) is 13.8. The van der Waals surface area contributed by atoms with E-state index in [0.717, 1.165) is 16.7 Å². The van der Waals surface area contributed by atoms with E-state index in [1.807, 2.05) is 66.7 Å². The molecule has 4 nitrogen and oxygen atoms in total. The largest absolute Gasteiger partial charge is 0.276 e. The number of aromatic nitrogens is 3. The maximum Gasteiger partial charge on any atom is 0.276 e. The number of hydrogen-bond acceptors (Lipinski definition) is 4. The smallest absolute Gasteiger partial charge is 0.267 e. The zero-order chi connectivity index (χ0) is 18.9. The first-order valence-corrected chi connectivity index (χ1v) is 9.72. The van der Waals surface area contributed by atoms with Crippen LogP contribution in [0.25, 0.3) is 33.6 Å². The predicted octanol–water partition coefficient (Wildman–Crippen LogP) is 4.03. The predicted molar refractivity (Wildman–Crippen MR) is 113 cm³/mol. The van der Waals surface area contributed by atoms with Crippen LogP contribution in [0.15, 0.2) is 89.7 Å². The highest BCUT2D eigenvalue weighted by Gasteiger charge is 2.13. The molecule has 0 bridgehead atoms. The fraction of sp³-hybridized carbons (Fsp3) is 0. The molecule has 5 heteroatoms. The molecule has 5 aromatic rings. The molecule has 0 aliphatic rings. The molecule has 2 heterocycles. The molecule has 0 spiro atoms. The van der Waals surface area contributed by atoms with E-state index in [1.54, 1.807) is 4.40 Å². The summed E-state index contributed by atoms with van der Waals surface area (Å²) in [4.78, 5) is 13.5. The van der Waals surface area contributed by atoms with Gasteiger partial charge in [-0.2, -0.15) is 0 Å². The number of fused-ring (bicyclic) bond motifs is 1. The molecular weight excluding hydrogens is 366 g/mol. The first-order valence-electron chi connectivity index (χ1n) is 8.90. The Hall–Kier alpha value is -3.57. The summed E-state index contributed by atoms with van der Waals surface area (Å²) in [5.41, 5.74) is 4.10. The Morgan fingerprint density at radius 1 is 0.714 bits per heavy atom. The van der Waals surface area contributed by atoms with Gasteiger partial charge in [-0.3, -0.25) is 4.79 Å². The van der Waals surface area contributed by atoms with Gasteiger partial charge in [-0.25, -0.2) is 4.40 Å². The van der Waals surface area contributed by atoms with E-state index in [-0.39, 0.29) is 5.56 Å². The molecule has 0 atom stereocenters. The Kier molecular flexibility index (Phi) is 4.07. The maximum absolute atomic E-state index is 12.9. The topological polar surface area (TPSA) is 47.3 Å². The van der Waals surface area contributed by atoms with Gasteiger partial charge in [0, 0.05) is 5.56 Å². The average Bonchev–Trinajstić information content (AvgIpc) is 3.30. The zero-order valence-electron chi connectivity index (χ0n) is 14.8. The molecule has 5 rings (SSSR count). The molecule has 0 aliphatic heterocycles. The van der Waals surface area contributed by atoms with Crippen LogP contribution >= 0.6 is 11.3 Å². The molecule has 0 unspecified atom stereocenters. The second-order valence-corrected chi connectivity index (χ2v) is 7.42.